The summed E-state index contributed by atoms with van der Waals surface area (Å²) in [5, 5.41) is 32.5. The molecule has 1 aliphatic rings. The predicted molar refractivity (Wildman–Crippen MR) is 104 cm³/mol. The van der Waals surface area contributed by atoms with Gasteiger partial charge in [-0.3, -0.25) is 4.57 Å². The average molecular weight is 457 g/mol. The van der Waals surface area contributed by atoms with Crippen LogP contribution in [0.15, 0.2) is 41.8 Å². The minimum atomic E-state index is -4.37. The highest BCUT2D eigenvalue weighted by Gasteiger charge is 2.44. The van der Waals surface area contributed by atoms with Gasteiger partial charge in [-0.05, 0) is 29.5 Å². The number of halogens is 3. The van der Waals surface area contributed by atoms with E-state index < -0.39 is 36.7 Å². The smallest absolute Gasteiger partial charge is 0.394 e. The molecule has 1 fully saturated rings. The van der Waals surface area contributed by atoms with Gasteiger partial charge in [-0.25, -0.2) is 15.0 Å². The molecule has 3 heterocycles. The number of nitrogens with zero attached hydrogens (tertiary/aromatic N) is 4. The fraction of sp³-hybridized carbons (Fsp3) is 0.389. The Morgan fingerprint density at radius 2 is 1.97 bits per heavy atom. The fourth-order valence-corrected chi connectivity index (χ4v) is 3.94. The van der Waals surface area contributed by atoms with E-state index >= 15 is 0 Å². The van der Waals surface area contributed by atoms with Crippen molar-refractivity contribution in [2.75, 3.05) is 11.9 Å². The summed E-state index contributed by atoms with van der Waals surface area (Å²) >= 11 is -0.186. The number of alkyl halides is 3. The number of fused-ring (bicyclic) bond motifs is 1. The maximum atomic E-state index is 12.6. The number of nitrogens with one attached hydrogen (secondary N) is 1. The number of hydrogen-bond donors (Lipinski definition) is 4. The molecule has 4 atom stereocenters. The molecule has 0 saturated carbocycles. The lowest BCUT2D eigenvalue weighted by Gasteiger charge is -2.16. The molecule has 4 rings (SSSR count). The van der Waals surface area contributed by atoms with Crippen molar-refractivity contribution in [3.05, 3.63) is 42.5 Å². The van der Waals surface area contributed by atoms with Crippen LogP contribution in [0.4, 0.5) is 19.0 Å². The summed E-state index contributed by atoms with van der Waals surface area (Å²) < 4.78 is 44.7. The second kappa shape index (κ2) is 8.59. The number of ether oxygens (including phenoxy) is 1. The Kier molecular flexibility index (Phi) is 6.03. The Labute approximate surface area is 177 Å². The van der Waals surface area contributed by atoms with Gasteiger partial charge in [0.1, 0.15) is 24.6 Å². The second-order valence-electron chi connectivity index (χ2n) is 6.82. The van der Waals surface area contributed by atoms with E-state index in [9.17, 15) is 28.5 Å². The van der Waals surface area contributed by atoms with Crippen LogP contribution in [0.2, 0.25) is 0 Å². The van der Waals surface area contributed by atoms with Gasteiger partial charge in [0.15, 0.2) is 23.2 Å². The molecule has 1 aliphatic heterocycles. The third-order valence-electron chi connectivity index (χ3n) is 4.74. The summed E-state index contributed by atoms with van der Waals surface area (Å²) in [4.78, 5) is 12.6. The molecule has 13 heteroatoms. The van der Waals surface area contributed by atoms with E-state index in [1.807, 2.05) is 0 Å². The molecule has 0 bridgehead atoms. The Balaban J connectivity index is 1.54. The van der Waals surface area contributed by atoms with E-state index in [2.05, 4.69) is 20.3 Å². The van der Waals surface area contributed by atoms with E-state index in [0.717, 1.165) is 0 Å². The number of rotatable bonds is 6. The number of imidazole rings is 1. The molecule has 0 aliphatic carbocycles. The van der Waals surface area contributed by atoms with Crippen molar-refractivity contribution in [3.8, 4) is 0 Å². The van der Waals surface area contributed by atoms with E-state index in [-0.39, 0.29) is 23.2 Å². The normalized spacial score (nSPS) is 24.1. The Bertz CT molecular complexity index is 1070. The van der Waals surface area contributed by atoms with Gasteiger partial charge < -0.3 is 25.4 Å². The zero-order valence-corrected chi connectivity index (χ0v) is 16.6. The van der Waals surface area contributed by atoms with Gasteiger partial charge in [-0.15, -0.1) is 0 Å². The molecule has 31 heavy (non-hydrogen) atoms. The maximum Gasteiger partial charge on any atom is 0.446 e. The fourth-order valence-electron chi connectivity index (χ4n) is 3.32. The third kappa shape index (κ3) is 4.60. The van der Waals surface area contributed by atoms with E-state index in [4.69, 9.17) is 4.74 Å². The molecule has 1 aromatic carbocycles. The molecule has 0 radical (unpaired) electrons. The van der Waals surface area contributed by atoms with Gasteiger partial charge in [0.05, 0.1) is 12.9 Å². The van der Waals surface area contributed by atoms with Crippen LogP contribution in [0.5, 0.6) is 0 Å². The van der Waals surface area contributed by atoms with Crippen LogP contribution in [0, 0.1) is 0 Å². The zero-order chi connectivity index (χ0) is 22.2. The van der Waals surface area contributed by atoms with Crippen LogP contribution in [-0.4, -0.2) is 65.3 Å². The summed E-state index contributed by atoms with van der Waals surface area (Å²) in [6, 6.07) is 6.04. The van der Waals surface area contributed by atoms with Gasteiger partial charge in [0.25, 0.3) is 0 Å². The van der Waals surface area contributed by atoms with Gasteiger partial charge in [0.2, 0.25) is 0 Å². The molecular weight excluding hydrogens is 439 g/mol. The van der Waals surface area contributed by atoms with Crippen LogP contribution in [0.3, 0.4) is 0 Å². The first-order chi connectivity index (χ1) is 14.8. The monoisotopic (exact) mass is 457 g/mol. The summed E-state index contributed by atoms with van der Waals surface area (Å²) in [6.45, 7) is -0.270. The molecule has 4 N–H and O–H groups in total. The average Bonchev–Trinajstić information content (AvgIpc) is 3.27. The highest BCUT2D eigenvalue weighted by Crippen LogP contribution is 2.37. The Morgan fingerprint density at radius 1 is 1.16 bits per heavy atom. The summed E-state index contributed by atoms with van der Waals surface area (Å²) in [5.41, 5.74) is -3.09. The lowest BCUT2D eigenvalue weighted by Crippen LogP contribution is -2.33. The SMILES string of the molecule is OC[C@H]1O[C@@H](n2cnc3c(NCc4cccc(SC(F)(F)F)c4)ncnc32)[C@@H](O)[C@@H]1O. The predicted octanol–water partition coefficient (Wildman–Crippen LogP) is 1.66. The molecule has 0 unspecified atom stereocenters. The van der Waals surface area contributed by atoms with Gasteiger partial charge in [0, 0.05) is 11.4 Å². The number of benzene rings is 1. The van der Waals surface area contributed by atoms with Crippen molar-refractivity contribution < 1.29 is 33.2 Å². The van der Waals surface area contributed by atoms with E-state index in [1.165, 1.54) is 35.4 Å². The molecule has 0 spiro atoms. The largest absolute Gasteiger partial charge is 0.446 e. The van der Waals surface area contributed by atoms with Crippen molar-refractivity contribution in [3.63, 3.8) is 0 Å². The number of hydrogen-bond acceptors (Lipinski definition) is 9. The number of aromatic nitrogens is 4. The minimum absolute atomic E-state index is 0.0771. The first-order valence-electron chi connectivity index (χ1n) is 9.15. The second-order valence-corrected chi connectivity index (χ2v) is 7.96. The van der Waals surface area contributed by atoms with E-state index in [1.54, 1.807) is 6.07 Å². The number of aliphatic hydroxyl groups excluding tert-OH is 3. The van der Waals surface area contributed by atoms with Crippen molar-refractivity contribution >= 4 is 28.7 Å². The lowest BCUT2D eigenvalue weighted by atomic mass is 10.1. The first-order valence-corrected chi connectivity index (χ1v) is 9.97. The molecule has 1 saturated heterocycles. The van der Waals surface area contributed by atoms with Gasteiger partial charge in [-0.1, -0.05) is 12.1 Å². The molecule has 2 aromatic heterocycles. The van der Waals surface area contributed by atoms with Crippen molar-refractivity contribution in [1.29, 1.82) is 0 Å². The molecular formula is C18H18F3N5O4S. The number of aliphatic hydroxyl groups is 3. The quantitative estimate of drug-likeness (QED) is 0.409. The third-order valence-corrected chi connectivity index (χ3v) is 5.46. The molecule has 0 amide bonds. The Hall–Kier alpha value is -2.45. The van der Waals surface area contributed by atoms with Crippen LogP contribution in [0.25, 0.3) is 11.2 Å². The van der Waals surface area contributed by atoms with Gasteiger partial charge in [-0.2, -0.15) is 13.2 Å². The zero-order valence-electron chi connectivity index (χ0n) is 15.8. The first kappa shape index (κ1) is 21.8. The molecule has 9 nitrogen and oxygen atoms in total. The standard InChI is InChI=1S/C18H18F3N5O4S/c19-18(20,21)31-10-3-1-2-9(4-10)5-22-15-12-16(24-7-23-15)26(8-25-12)17-14(29)13(28)11(6-27)30-17/h1-4,7-8,11,13-14,17,27-29H,5-6H2,(H,22,23,24)/t11-,13-,14+,17-/m1/s1. The summed E-state index contributed by atoms with van der Waals surface area (Å²) in [5.74, 6) is 0.337. The summed E-state index contributed by atoms with van der Waals surface area (Å²) in [7, 11) is 0. The lowest BCUT2D eigenvalue weighted by molar-refractivity contribution is -0.0511. The van der Waals surface area contributed by atoms with Gasteiger partial charge >= 0.3 is 5.51 Å². The summed E-state index contributed by atoms with van der Waals surface area (Å²) in [6.07, 6.45) is -1.89. The highest BCUT2D eigenvalue weighted by molar-refractivity contribution is 8.00. The topological polar surface area (TPSA) is 126 Å². The van der Waals surface area contributed by atoms with E-state index in [0.29, 0.717) is 22.5 Å². The van der Waals surface area contributed by atoms with Crippen molar-refractivity contribution in [2.45, 2.75) is 41.5 Å². The highest BCUT2D eigenvalue weighted by atomic mass is 32.2. The molecule has 166 valence electrons. The van der Waals surface area contributed by atoms with Crippen LogP contribution in [-0.2, 0) is 11.3 Å². The van der Waals surface area contributed by atoms with Crippen LogP contribution >= 0.6 is 11.8 Å². The van der Waals surface area contributed by atoms with Crippen LogP contribution < -0.4 is 5.32 Å². The Morgan fingerprint density at radius 3 is 2.68 bits per heavy atom. The van der Waals surface area contributed by atoms with Crippen LogP contribution in [0.1, 0.15) is 11.8 Å². The number of thioether (sulfide) groups is 1. The van der Waals surface area contributed by atoms with Crippen molar-refractivity contribution in [2.24, 2.45) is 0 Å². The maximum absolute atomic E-state index is 12.6. The minimum Gasteiger partial charge on any atom is -0.394 e. The number of anilines is 1. The van der Waals surface area contributed by atoms with Crippen molar-refractivity contribution in [1.82, 2.24) is 19.5 Å². The molecule has 3 aromatic rings.